The fourth-order valence-corrected chi connectivity index (χ4v) is 17.4. The second-order valence-electron chi connectivity index (χ2n) is 25.3. The summed E-state index contributed by atoms with van der Waals surface area (Å²) in [6, 6.07) is 13.3. The number of rotatable bonds is 14. The quantitative estimate of drug-likeness (QED) is 0.138. The van der Waals surface area contributed by atoms with Crippen molar-refractivity contribution in [1.82, 2.24) is 78.4 Å². The van der Waals surface area contributed by atoms with Gasteiger partial charge in [0.2, 0.25) is 0 Å². The zero-order valence-electron chi connectivity index (χ0n) is 50.2. The number of hydrogen-bond donors (Lipinski definition) is 0. The number of thioether (sulfide) groups is 1. The van der Waals surface area contributed by atoms with E-state index in [0.717, 1.165) is 24.2 Å². The van der Waals surface area contributed by atoms with Gasteiger partial charge in [-0.05, 0) is 83.4 Å². The normalized spacial score (nSPS) is 30.9. The van der Waals surface area contributed by atoms with Gasteiger partial charge in [-0.2, -0.15) is 0 Å². The van der Waals surface area contributed by atoms with Gasteiger partial charge in [0.1, 0.15) is 63.0 Å². The first-order valence-corrected chi connectivity index (χ1v) is 31.5. The van der Waals surface area contributed by atoms with Crippen molar-refractivity contribution in [3.8, 4) is 23.0 Å². The fourth-order valence-electron chi connectivity index (χ4n) is 16.6. The molecule has 88 heavy (non-hydrogen) atoms. The van der Waals surface area contributed by atoms with Crippen LogP contribution in [0.25, 0.3) is 0 Å². The summed E-state index contributed by atoms with van der Waals surface area (Å²) >= 11 is 1.66. The Balaban J connectivity index is 0.730. The van der Waals surface area contributed by atoms with Crippen LogP contribution in [0.15, 0.2) is 59.5 Å². The lowest BCUT2D eigenvalue weighted by Crippen LogP contribution is -2.69. The summed E-state index contributed by atoms with van der Waals surface area (Å²) in [5, 5.41) is 0. The van der Waals surface area contributed by atoms with Gasteiger partial charge in [-0.1, -0.05) is 39.0 Å². The molecule has 16 amide bonds. The van der Waals surface area contributed by atoms with E-state index < -0.39 is 109 Å². The smallest absolute Gasteiger partial charge is 0.326 e. The van der Waals surface area contributed by atoms with E-state index in [4.69, 9.17) is 18.9 Å². The Morgan fingerprint density at radius 2 is 0.614 bits per heavy atom. The molecule has 28 nitrogen and oxygen atoms in total. The highest BCUT2D eigenvalue weighted by Gasteiger charge is 2.80. The van der Waals surface area contributed by atoms with Gasteiger partial charge >= 0.3 is 48.2 Å². The van der Waals surface area contributed by atoms with E-state index in [1.807, 2.05) is 89.2 Å². The zero-order valence-corrected chi connectivity index (χ0v) is 51.0. The van der Waals surface area contributed by atoms with E-state index in [-0.39, 0.29) is 52.9 Å². The average molecular weight is 1230 g/mol. The van der Waals surface area contributed by atoms with Crippen molar-refractivity contribution >= 4 is 60.0 Å². The molecule has 0 spiro atoms. The predicted molar refractivity (Wildman–Crippen MR) is 308 cm³/mol. The van der Waals surface area contributed by atoms with Crippen molar-refractivity contribution in [2.24, 2.45) is 0 Å². The molecule has 11 saturated heterocycles. The standard InChI is InChI=1S/C59H70N16O12S/c1-8-20-84-40-16-17-41(85-21-9-2)37-26-69-53(81)73-32-65-46-44-60(48(76)64(46)31-72-52(80)68(25-36(37)40)56(69,4)58(72,73)6)29-62-45-47-66(50(62)78)33-74-54(82)70-27-38-39(43(19-18-42(38)86-22-10-3)87-23-24-88-35-14-12-11-13-15-35)28-71-55(83)75(59(74,7)57(70,71)5)34-67(47)51(79)63(45)30-61(44)49(65)77/h11-19,44-47H,8-10,20-34H2,1-7H3/t44-,45+,46+,47-,56+,57-,58-,59+/m0/s1. The molecular weight excluding hydrogens is 1160 g/mol. The van der Waals surface area contributed by atoms with Gasteiger partial charge in [0.05, 0.1) is 52.6 Å². The highest BCUT2D eigenvalue weighted by Crippen LogP contribution is 2.59. The average Bonchev–Trinajstić information content (AvgIpc) is 1.50. The molecule has 29 heteroatoms. The van der Waals surface area contributed by atoms with Crippen molar-refractivity contribution in [3.63, 3.8) is 0 Å². The molecule has 8 atom stereocenters. The van der Waals surface area contributed by atoms with E-state index in [0.29, 0.717) is 77.4 Å². The van der Waals surface area contributed by atoms with Crippen LogP contribution in [0, 0.1) is 0 Å². The monoisotopic (exact) mass is 1230 g/mol. The molecular formula is C59H70N16O12S. The Labute approximate surface area is 511 Å². The topological polar surface area (TPSA) is 225 Å². The molecule has 0 aromatic heterocycles. The van der Waals surface area contributed by atoms with Gasteiger partial charge < -0.3 is 18.9 Å². The minimum absolute atomic E-state index is 0.0281. The summed E-state index contributed by atoms with van der Waals surface area (Å²) in [6.07, 6.45) is -2.21. The van der Waals surface area contributed by atoms with Crippen molar-refractivity contribution in [3.05, 3.63) is 76.9 Å². The number of hydrogen-bond acceptors (Lipinski definition) is 13. The molecule has 464 valence electrons. The lowest BCUT2D eigenvalue weighted by Gasteiger charge is -2.49. The number of ether oxygens (including phenoxy) is 4. The van der Waals surface area contributed by atoms with Gasteiger partial charge in [0.25, 0.3) is 0 Å². The Bertz CT molecular complexity index is 3610. The molecule has 13 aliphatic rings. The molecule has 0 saturated carbocycles. The third kappa shape index (κ3) is 6.56. The minimum Gasteiger partial charge on any atom is -0.493 e. The van der Waals surface area contributed by atoms with E-state index in [9.17, 15) is 0 Å². The van der Waals surface area contributed by atoms with E-state index in [1.54, 1.807) is 64.8 Å². The molecule has 3 aromatic carbocycles. The van der Waals surface area contributed by atoms with Gasteiger partial charge in [-0.3, -0.25) is 78.4 Å². The number of carbonyl (C=O) groups excluding carboxylic acids is 8. The van der Waals surface area contributed by atoms with E-state index >= 15 is 38.4 Å². The maximum absolute atomic E-state index is 15.7. The summed E-state index contributed by atoms with van der Waals surface area (Å²) in [4.78, 5) is 150. The molecule has 0 aliphatic carbocycles. The first-order chi connectivity index (χ1) is 42.4. The van der Waals surface area contributed by atoms with E-state index in [1.165, 1.54) is 39.2 Å². The Morgan fingerprint density at radius 3 is 0.898 bits per heavy atom. The fraction of sp³-hybridized carbons (Fsp3) is 0.559. The zero-order chi connectivity index (χ0) is 61.0. The lowest BCUT2D eigenvalue weighted by molar-refractivity contribution is -0.0871. The second-order valence-corrected chi connectivity index (χ2v) is 26.4. The van der Waals surface area contributed by atoms with Crippen molar-refractivity contribution < 1.29 is 57.3 Å². The molecule has 11 fully saturated rings. The summed E-state index contributed by atoms with van der Waals surface area (Å²) < 4.78 is 25.5. The molecule has 0 radical (unpaired) electrons. The minimum atomic E-state index is -1.49. The molecule has 13 aliphatic heterocycles. The molecule has 0 bridgehead atoms. The molecule has 0 N–H and O–H groups in total. The highest BCUT2D eigenvalue weighted by atomic mass is 32.2. The summed E-state index contributed by atoms with van der Waals surface area (Å²) in [5.41, 5.74) is -2.89. The van der Waals surface area contributed by atoms with Crippen LogP contribution in [0.2, 0.25) is 0 Å². The van der Waals surface area contributed by atoms with Crippen LogP contribution in [-0.2, 0) is 26.2 Å². The van der Waals surface area contributed by atoms with Crippen LogP contribution in [0.1, 0.15) is 90.0 Å². The number of benzene rings is 3. The molecule has 13 heterocycles. The van der Waals surface area contributed by atoms with Crippen LogP contribution < -0.4 is 18.9 Å². The summed E-state index contributed by atoms with van der Waals surface area (Å²) in [7, 11) is 0. The third-order valence-corrected chi connectivity index (χ3v) is 22.4. The maximum atomic E-state index is 15.7. The molecule has 16 rings (SSSR count). The second kappa shape index (κ2) is 18.7. The lowest BCUT2D eigenvalue weighted by atomic mass is 9.95. The molecule has 3 aromatic rings. The SMILES string of the molecule is CCCOc1ccc(OCCC)c2c1CN1C(=O)N3CN4C(=O)N5CN6C(=O)N7CN8C(=O)N9Cc%10c(OCCC)ccc(OCCSc%11ccccc%11)c%10CN%10C(=O)N(CN%11C(=O)N(CN%12C(=O)N(CN%13C(=O)N(C2)[C@]1(C)[C@@]3%13C)[C@@H]4[C@@H]5%12)[C@@H]6[C@@H]7%11)[C@]8(C)[C@@]9%10C. The molecule has 0 unspecified atom stereocenters. The number of urea groups is 8. The van der Waals surface area contributed by atoms with Crippen molar-refractivity contribution in [2.75, 3.05) is 72.2 Å². The van der Waals surface area contributed by atoms with Crippen LogP contribution in [0.4, 0.5) is 38.4 Å². The Kier molecular flexibility index (Phi) is 11.6. The van der Waals surface area contributed by atoms with Crippen LogP contribution in [-0.4, -0.2) is 246 Å². The van der Waals surface area contributed by atoms with Crippen molar-refractivity contribution in [2.45, 2.75) is 146 Å². The largest absolute Gasteiger partial charge is 0.493 e. The number of amides is 16. The van der Waals surface area contributed by atoms with Gasteiger partial charge in [-0.15, -0.1) is 11.8 Å². The first kappa shape index (κ1) is 54.7. The van der Waals surface area contributed by atoms with Crippen molar-refractivity contribution in [1.29, 1.82) is 0 Å². The number of fused-ring (bicyclic) bond motifs is 2. The predicted octanol–water partition coefficient (Wildman–Crippen LogP) is 5.81. The summed E-state index contributed by atoms with van der Waals surface area (Å²) in [5.74, 6) is 2.91. The van der Waals surface area contributed by atoms with Crippen LogP contribution >= 0.6 is 11.8 Å². The number of nitrogens with zero attached hydrogens (tertiary/aromatic N) is 16. The Hall–Kier alpha value is -8.63. The summed E-state index contributed by atoms with van der Waals surface area (Å²) in [6.45, 7) is 12.9. The van der Waals surface area contributed by atoms with Crippen LogP contribution in [0.5, 0.6) is 23.0 Å². The van der Waals surface area contributed by atoms with Crippen LogP contribution in [0.3, 0.4) is 0 Å². The first-order valence-electron chi connectivity index (χ1n) is 30.5. The maximum Gasteiger partial charge on any atom is 0.326 e. The van der Waals surface area contributed by atoms with Gasteiger partial charge in [-0.25, -0.2) is 38.4 Å². The third-order valence-electron chi connectivity index (χ3n) is 21.4. The Morgan fingerprint density at radius 1 is 0.352 bits per heavy atom. The number of carbonyl (C=O) groups is 8. The van der Waals surface area contributed by atoms with E-state index in [2.05, 4.69) is 0 Å². The van der Waals surface area contributed by atoms with Gasteiger partial charge in [0.15, 0.2) is 47.3 Å². The highest BCUT2D eigenvalue weighted by molar-refractivity contribution is 7.99. The van der Waals surface area contributed by atoms with Gasteiger partial charge in [0, 0.05) is 32.9 Å².